The first kappa shape index (κ1) is 17.5. The third kappa shape index (κ3) is 3.10. The van der Waals surface area contributed by atoms with Crippen LogP contribution in [-0.4, -0.2) is 22.9 Å². The highest BCUT2D eigenvalue weighted by atomic mass is 35.5. The third-order valence-electron chi connectivity index (χ3n) is 4.96. The summed E-state index contributed by atoms with van der Waals surface area (Å²) in [4.78, 5) is 17.4. The second kappa shape index (κ2) is 6.76. The fourth-order valence-corrected chi connectivity index (χ4v) is 3.71. The first-order valence-electron chi connectivity index (χ1n) is 9.06. The van der Waals surface area contributed by atoms with Crippen molar-refractivity contribution in [3.63, 3.8) is 0 Å². The SMILES string of the molecule is Cc1noc2nc(C3CC3)cc(C(=O)OCc3cc(Cl)cc4c3OCOC4)c12. The van der Waals surface area contributed by atoms with Gasteiger partial charge in [0.1, 0.15) is 12.4 Å². The van der Waals surface area contributed by atoms with Gasteiger partial charge in [0.25, 0.3) is 5.71 Å². The number of hydrogen-bond acceptors (Lipinski definition) is 7. The van der Waals surface area contributed by atoms with Gasteiger partial charge in [0.15, 0.2) is 6.79 Å². The summed E-state index contributed by atoms with van der Waals surface area (Å²) in [5, 5.41) is 5.08. The van der Waals surface area contributed by atoms with Crippen LogP contribution in [0, 0.1) is 6.92 Å². The van der Waals surface area contributed by atoms with Crippen LogP contribution in [0.1, 0.15) is 51.6 Å². The summed E-state index contributed by atoms with van der Waals surface area (Å²) in [6, 6.07) is 5.32. The fraction of sp³-hybridized carbons (Fsp3) is 0.350. The van der Waals surface area contributed by atoms with Crippen LogP contribution in [0.5, 0.6) is 5.75 Å². The number of halogens is 1. The molecule has 8 heteroatoms. The lowest BCUT2D eigenvalue weighted by Crippen LogP contribution is -2.14. The number of ether oxygens (including phenoxy) is 3. The number of aromatic nitrogens is 2. The van der Waals surface area contributed by atoms with E-state index in [4.69, 9.17) is 30.3 Å². The lowest BCUT2D eigenvalue weighted by atomic mass is 10.1. The van der Waals surface area contributed by atoms with Crippen molar-refractivity contribution in [2.45, 2.75) is 38.9 Å². The first-order valence-corrected chi connectivity index (χ1v) is 9.44. The molecule has 0 saturated heterocycles. The number of fused-ring (bicyclic) bond motifs is 2. The van der Waals surface area contributed by atoms with Crippen LogP contribution in [0.3, 0.4) is 0 Å². The van der Waals surface area contributed by atoms with Crippen molar-refractivity contribution < 1.29 is 23.5 Å². The number of aryl methyl sites for hydroxylation is 1. The zero-order valence-corrected chi connectivity index (χ0v) is 15.9. The molecule has 5 rings (SSSR count). The topological polar surface area (TPSA) is 83.7 Å². The van der Waals surface area contributed by atoms with Gasteiger partial charge in [-0.3, -0.25) is 0 Å². The number of rotatable bonds is 4. The highest BCUT2D eigenvalue weighted by Gasteiger charge is 2.29. The van der Waals surface area contributed by atoms with Gasteiger partial charge in [0.2, 0.25) is 0 Å². The van der Waals surface area contributed by atoms with Crippen molar-refractivity contribution in [1.29, 1.82) is 0 Å². The molecule has 0 unspecified atom stereocenters. The molecule has 1 aliphatic heterocycles. The smallest absolute Gasteiger partial charge is 0.339 e. The Kier molecular flexibility index (Phi) is 4.21. The maximum absolute atomic E-state index is 12.9. The van der Waals surface area contributed by atoms with Crippen molar-refractivity contribution in [3.8, 4) is 5.75 Å². The molecule has 28 heavy (non-hydrogen) atoms. The zero-order chi connectivity index (χ0) is 19.3. The predicted octanol–water partition coefficient (Wildman–Crippen LogP) is 4.29. The molecule has 2 aliphatic rings. The Morgan fingerprint density at radius 1 is 1.32 bits per heavy atom. The second-order valence-electron chi connectivity index (χ2n) is 7.06. The summed E-state index contributed by atoms with van der Waals surface area (Å²) in [5.41, 5.74) is 3.78. The van der Waals surface area contributed by atoms with Crippen LogP contribution in [0.4, 0.5) is 0 Å². The van der Waals surface area contributed by atoms with E-state index in [2.05, 4.69) is 10.1 Å². The lowest BCUT2D eigenvalue weighted by Gasteiger charge is -2.21. The van der Waals surface area contributed by atoms with Crippen molar-refractivity contribution in [3.05, 3.63) is 51.3 Å². The lowest BCUT2D eigenvalue weighted by molar-refractivity contribution is -0.0180. The van der Waals surface area contributed by atoms with Crippen LogP contribution in [0.15, 0.2) is 22.7 Å². The maximum Gasteiger partial charge on any atom is 0.339 e. The summed E-state index contributed by atoms with van der Waals surface area (Å²) < 4.78 is 21.8. The van der Waals surface area contributed by atoms with E-state index in [0.29, 0.717) is 51.2 Å². The molecule has 2 aromatic heterocycles. The second-order valence-corrected chi connectivity index (χ2v) is 7.49. The number of nitrogens with zero attached hydrogens (tertiary/aromatic N) is 2. The average Bonchev–Trinajstić information content (AvgIpc) is 3.48. The van der Waals surface area contributed by atoms with Crippen LogP contribution in [0.25, 0.3) is 11.1 Å². The van der Waals surface area contributed by atoms with Crippen LogP contribution in [-0.2, 0) is 22.7 Å². The van der Waals surface area contributed by atoms with Crippen molar-refractivity contribution in [2.24, 2.45) is 0 Å². The number of benzene rings is 1. The molecule has 0 radical (unpaired) electrons. The largest absolute Gasteiger partial charge is 0.467 e. The summed E-state index contributed by atoms with van der Waals surface area (Å²) in [6.07, 6.45) is 2.13. The molecular weight excluding hydrogens is 384 g/mol. The Labute approximate surface area is 165 Å². The van der Waals surface area contributed by atoms with Crippen LogP contribution >= 0.6 is 11.6 Å². The summed E-state index contributed by atoms with van der Waals surface area (Å²) >= 11 is 6.18. The normalized spacial score (nSPS) is 15.9. The van der Waals surface area contributed by atoms with Crippen molar-refractivity contribution in [2.75, 3.05) is 6.79 Å². The standard InChI is InChI=1S/C20H17ClN2O5/c1-10-17-15(6-16(11-2-3-11)22-19(17)28-23-10)20(24)26-8-13-5-14(21)4-12-7-25-9-27-18(12)13/h4-6,11H,2-3,7-9H2,1H3. The summed E-state index contributed by atoms with van der Waals surface area (Å²) in [7, 11) is 0. The summed E-state index contributed by atoms with van der Waals surface area (Å²) in [6.45, 7) is 2.38. The number of esters is 1. The van der Waals surface area contributed by atoms with Gasteiger partial charge in [-0.2, -0.15) is 0 Å². The van der Waals surface area contributed by atoms with Gasteiger partial charge < -0.3 is 18.7 Å². The first-order chi connectivity index (χ1) is 13.6. The van der Waals surface area contributed by atoms with Gasteiger partial charge in [-0.15, -0.1) is 0 Å². The summed E-state index contributed by atoms with van der Waals surface area (Å²) in [5.74, 6) is 0.569. The Morgan fingerprint density at radius 3 is 3.00 bits per heavy atom. The van der Waals surface area contributed by atoms with Gasteiger partial charge in [-0.25, -0.2) is 9.78 Å². The molecule has 0 atom stereocenters. The molecule has 7 nitrogen and oxygen atoms in total. The van der Waals surface area contributed by atoms with Gasteiger partial charge in [0.05, 0.1) is 23.3 Å². The van der Waals surface area contributed by atoms with Crippen LogP contribution < -0.4 is 4.74 Å². The quantitative estimate of drug-likeness (QED) is 0.604. The van der Waals surface area contributed by atoms with Gasteiger partial charge in [-0.1, -0.05) is 16.8 Å². The Bertz CT molecular complexity index is 1090. The third-order valence-corrected chi connectivity index (χ3v) is 5.18. The van der Waals surface area contributed by atoms with Crippen molar-refractivity contribution >= 4 is 28.7 Å². The molecule has 144 valence electrons. The van der Waals surface area contributed by atoms with Gasteiger partial charge in [-0.05, 0) is 38.0 Å². The van der Waals surface area contributed by atoms with E-state index in [1.807, 2.05) is 0 Å². The van der Waals surface area contributed by atoms with Crippen LogP contribution in [0.2, 0.25) is 5.02 Å². The number of hydrogen-bond donors (Lipinski definition) is 0. The Hall–Kier alpha value is -2.64. The molecule has 3 aromatic rings. The van der Waals surface area contributed by atoms with E-state index < -0.39 is 5.97 Å². The molecule has 0 spiro atoms. The molecule has 0 amide bonds. The number of carbonyl (C=O) groups excluding carboxylic acids is 1. The van der Waals surface area contributed by atoms with E-state index in [1.165, 1.54) is 0 Å². The van der Waals surface area contributed by atoms with E-state index in [9.17, 15) is 4.79 Å². The average molecular weight is 401 g/mol. The van der Waals surface area contributed by atoms with Gasteiger partial charge >= 0.3 is 5.97 Å². The molecule has 0 bridgehead atoms. The minimum atomic E-state index is -0.457. The minimum absolute atomic E-state index is 0.0363. The van der Waals surface area contributed by atoms with E-state index in [0.717, 1.165) is 24.1 Å². The highest BCUT2D eigenvalue weighted by Crippen LogP contribution is 2.40. The molecule has 1 fully saturated rings. The monoisotopic (exact) mass is 400 g/mol. The molecule has 1 aromatic carbocycles. The number of carbonyl (C=O) groups is 1. The van der Waals surface area contributed by atoms with E-state index >= 15 is 0 Å². The maximum atomic E-state index is 12.9. The minimum Gasteiger partial charge on any atom is -0.467 e. The molecule has 3 heterocycles. The Morgan fingerprint density at radius 2 is 2.18 bits per heavy atom. The number of pyridine rings is 1. The van der Waals surface area contributed by atoms with E-state index in [1.54, 1.807) is 25.1 Å². The molecule has 1 aliphatic carbocycles. The van der Waals surface area contributed by atoms with E-state index in [-0.39, 0.29) is 13.4 Å². The molecule has 0 N–H and O–H groups in total. The fourth-order valence-electron chi connectivity index (χ4n) is 3.45. The molecule has 1 saturated carbocycles. The highest BCUT2D eigenvalue weighted by molar-refractivity contribution is 6.30. The Balaban J connectivity index is 1.45. The zero-order valence-electron chi connectivity index (χ0n) is 15.2. The van der Waals surface area contributed by atoms with Crippen molar-refractivity contribution in [1.82, 2.24) is 10.1 Å². The van der Waals surface area contributed by atoms with Gasteiger partial charge in [0, 0.05) is 27.8 Å². The predicted molar refractivity (Wildman–Crippen MR) is 99.4 cm³/mol. The molecular formula is C20H17ClN2O5.